The Labute approximate surface area is 113 Å². The smallest absolute Gasteiger partial charge is 0.244 e. The molecule has 2 rings (SSSR count). The highest BCUT2D eigenvalue weighted by Crippen LogP contribution is 2.25. The van der Waals surface area contributed by atoms with E-state index < -0.39 is 10.0 Å². The molecular formula is C13H19NO4S. The van der Waals surface area contributed by atoms with E-state index in [0.717, 1.165) is 12.8 Å². The molecule has 0 aromatic heterocycles. The molecule has 0 bridgehead atoms. The van der Waals surface area contributed by atoms with Crippen molar-refractivity contribution in [3.8, 4) is 5.75 Å². The lowest BCUT2D eigenvalue weighted by atomic mass is 10.0. The third-order valence-corrected chi connectivity index (χ3v) is 4.91. The highest BCUT2D eigenvalue weighted by molar-refractivity contribution is 7.89. The van der Waals surface area contributed by atoms with Crippen molar-refractivity contribution >= 4 is 10.0 Å². The Hall–Kier alpha value is -1.11. The summed E-state index contributed by atoms with van der Waals surface area (Å²) in [5.41, 5.74) is 0. The minimum Gasteiger partial charge on any atom is -0.507 e. The molecule has 2 unspecified atom stereocenters. The fraction of sp³-hybridized carbons (Fsp3) is 0.538. The molecule has 19 heavy (non-hydrogen) atoms. The summed E-state index contributed by atoms with van der Waals surface area (Å²) in [4.78, 5) is -0.0815. The van der Waals surface area contributed by atoms with Gasteiger partial charge in [-0.3, -0.25) is 0 Å². The molecule has 1 aliphatic heterocycles. The summed E-state index contributed by atoms with van der Waals surface area (Å²) in [5, 5.41) is 9.59. The van der Waals surface area contributed by atoms with Crippen molar-refractivity contribution < 1.29 is 18.3 Å². The molecule has 106 valence electrons. The molecule has 1 fully saturated rings. The fourth-order valence-electron chi connectivity index (χ4n) is 2.36. The summed E-state index contributed by atoms with van der Waals surface area (Å²) >= 11 is 0. The first-order valence-corrected chi connectivity index (χ1v) is 7.92. The summed E-state index contributed by atoms with van der Waals surface area (Å²) < 4.78 is 32.3. The van der Waals surface area contributed by atoms with Gasteiger partial charge >= 0.3 is 0 Å². The second-order valence-electron chi connectivity index (χ2n) is 4.69. The second-order valence-corrected chi connectivity index (χ2v) is 6.42. The first-order chi connectivity index (χ1) is 9.04. The van der Waals surface area contributed by atoms with Gasteiger partial charge in [0.05, 0.1) is 6.10 Å². The number of para-hydroxylation sites is 1. The highest BCUT2D eigenvalue weighted by atomic mass is 32.2. The predicted molar refractivity (Wildman–Crippen MR) is 71.4 cm³/mol. The molecule has 2 N–H and O–H groups in total. The number of ether oxygens (including phenoxy) is 1. The van der Waals surface area contributed by atoms with Crippen LogP contribution in [-0.2, 0) is 14.8 Å². The summed E-state index contributed by atoms with van der Waals surface area (Å²) in [7, 11) is -3.67. The van der Waals surface area contributed by atoms with Crippen LogP contribution in [0.25, 0.3) is 0 Å². The number of benzene rings is 1. The van der Waals surface area contributed by atoms with Gasteiger partial charge in [-0.05, 0) is 25.0 Å². The Balaban J connectivity index is 2.04. The first kappa shape index (κ1) is 14.3. The van der Waals surface area contributed by atoms with Gasteiger partial charge in [0.15, 0.2) is 0 Å². The average Bonchev–Trinajstić information content (AvgIpc) is 2.84. The van der Waals surface area contributed by atoms with E-state index in [4.69, 9.17) is 4.74 Å². The van der Waals surface area contributed by atoms with Gasteiger partial charge in [0.25, 0.3) is 0 Å². The van der Waals surface area contributed by atoms with Gasteiger partial charge in [0, 0.05) is 19.1 Å². The molecule has 0 aliphatic carbocycles. The number of rotatable bonds is 5. The standard InChI is InChI=1S/C13H19NO4S/c1-2-12-10(7-8-18-12)9-14-19(16,17)13-6-4-3-5-11(13)15/h3-6,10,12,14-15H,2,7-9H2,1H3. The predicted octanol–water partition coefficient (Wildman–Crippen LogP) is 1.49. The van der Waals surface area contributed by atoms with Crippen molar-refractivity contribution in [1.29, 1.82) is 0 Å². The van der Waals surface area contributed by atoms with Crippen LogP contribution in [0.3, 0.4) is 0 Å². The van der Waals surface area contributed by atoms with Crippen molar-refractivity contribution in [2.24, 2.45) is 5.92 Å². The Kier molecular flexibility index (Phi) is 4.44. The van der Waals surface area contributed by atoms with Crippen LogP contribution in [0.1, 0.15) is 19.8 Å². The SMILES string of the molecule is CCC1OCCC1CNS(=O)(=O)c1ccccc1O. The lowest BCUT2D eigenvalue weighted by molar-refractivity contribution is 0.0884. The molecule has 6 heteroatoms. The normalized spacial score (nSPS) is 23.6. The maximum atomic E-state index is 12.1. The van der Waals surface area contributed by atoms with Gasteiger partial charge in [0.2, 0.25) is 10.0 Å². The van der Waals surface area contributed by atoms with Crippen LogP contribution in [0.15, 0.2) is 29.2 Å². The molecule has 0 amide bonds. The quantitative estimate of drug-likeness (QED) is 0.859. The second kappa shape index (κ2) is 5.90. The van der Waals surface area contributed by atoms with Crippen LogP contribution in [0.4, 0.5) is 0 Å². The van der Waals surface area contributed by atoms with Gasteiger partial charge in [-0.2, -0.15) is 0 Å². The third-order valence-electron chi connectivity index (χ3n) is 3.44. The average molecular weight is 285 g/mol. The van der Waals surface area contributed by atoms with E-state index in [2.05, 4.69) is 4.72 Å². The number of aromatic hydroxyl groups is 1. The number of phenolic OH excluding ortho intramolecular Hbond substituents is 1. The topological polar surface area (TPSA) is 75.6 Å². The number of hydrogen-bond acceptors (Lipinski definition) is 4. The van der Waals surface area contributed by atoms with Crippen molar-refractivity contribution in [2.75, 3.05) is 13.2 Å². The van der Waals surface area contributed by atoms with Crippen LogP contribution in [0.5, 0.6) is 5.75 Å². The van der Waals surface area contributed by atoms with Crippen LogP contribution in [0.2, 0.25) is 0 Å². The molecule has 2 atom stereocenters. The van der Waals surface area contributed by atoms with Crippen molar-refractivity contribution in [3.63, 3.8) is 0 Å². The molecule has 1 aliphatic rings. The largest absolute Gasteiger partial charge is 0.507 e. The van der Waals surface area contributed by atoms with Crippen LogP contribution < -0.4 is 4.72 Å². The Morgan fingerprint density at radius 2 is 2.16 bits per heavy atom. The molecule has 5 nitrogen and oxygen atoms in total. The Morgan fingerprint density at radius 1 is 1.42 bits per heavy atom. The van der Waals surface area contributed by atoms with E-state index in [1.54, 1.807) is 12.1 Å². The summed E-state index contributed by atoms with van der Waals surface area (Å²) in [6, 6.07) is 5.93. The van der Waals surface area contributed by atoms with Gasteiger partial charge < -0.3 is 9.84 Å². The number of phenols is 1. The van der Waals surface area contributed by atoms with Gasteiger partial charge in [0.1, 0.15) is 10.6 Å². The van der Waals surface area contributed by atoms with Crippen molar-refractivity contribution in [2.45, 2.75) is 30.8 Å². The van der Waals surface area contributed by atoms with Crippen molar-refractivity contribution in [3.05, 3.63) is 24.3 Å². The summed E-state index contributed by atoms with van der Waals surface area (Å²) in [5.74, 6) is -0.0321. The molecular weight excluding hydrogens is 266 g/mol. The maximum Gasteiger partial charge on any atom is 0.244 e. The van der Waals surface area contributed by atoms with Crippen LogP contribution >= 0.6 is 0 Å². The Morgan fingerprint density at radius 3 is 2.84 bits per heavy atom. The minimum atomic E-state index is -3.67. The number of hydrogen-bond donors (Lipinski definition) is 2. The zero-order chi connectivity index (χ0) is 13.9. The number of sulfonamides is 1. The first-order valence-electron chi connectivity index (χ1n) is 6.44. The summed E-state index contributed by atoms with van der Waals surface area (Å²) in [6.45, 7) is 3.05. The van der Waals surface area contributed by atoms with Crippen molar-refractivity contribution in [1.82, 2.24) is 4.72 Å². The lowest BCUT2D eigenvalue weighted by Gasteiger charge is -2.17. The maximum absolute atomic E-state index is 12.1. The van der Waals surface area contributed by atoms with E-state index in [0.29, 0.717) is 13.2 Å². The van der Waals surface area contributed by atoms with Crippen LogP contribution in [0, 0.1) is 5.92 Å². The number of nitrogens with one attached hydrogen (secondary N) is 1. The third kappa shape index (κ3) is 3.26. The minimum absolute atomic E-state index is 0.0815. The van der Waals surface area contributed by atoms with E-state index in [1.807, 2.05) is 6.92 Å². The van der Waals surface area contributed by atoms with Crippen LogP contribution in [-0.4, -0.2) is 32.8 Å². The molecule has 1 aromatic carbocycles. The van der Waals surface area contributed by atoms with E-state index in [9.17, 15) is 13.5 Å². The van der Waals surface area contributed by atoms with E-state index >= 15 is 0 Å². The summed E-state index contributed by atoms with van der Waals surface area (Å²) in [6.07, 6.45) is 1.86. The molecule has 0 radical (unpaired) electrons. The van der Waals surface area contributed by atoms with E-state index in [1.165, 1.54) is 12.1 Å². The van der Waals surface area contributed by atoms with Gasteiger partial charge in [-0.1, -0.05) is 19.1 Å². The van der Waals surface area contributed by atoms with E-state index in [-0.39, 0.29) is 22.7 Å². The zero-order valence-electron chi connectivity index (χ0n) is 10.9. The fourth-order valence-corrected chi connectivity index (χ4v) is 3.55. The monoisotopic (exact) mass is 285 g/mol. The van der Waals surface area contributed by atoms with Gasteiger partial charge in [-0.25, -0.2) is 13.1 Å². The van der Waals surface area contributed by atoms with Gasteiger partial charge in [-0.15, -0.1) is 0 Å². The molecule has 1 aromatic rings. The molecule has 0 saturated carbocycles. The zero-order valence-corrected chi connectivity index (χ0v) is 11.7. The highest BCUT2D eigenvalue weighted by Gasteiger charge is 2.28. The lowest BCUT2D eigenvalue weighted by Crippen LogP contribution is -2.32. The Bertz CT molecular complexity index is 529. The molecule has 1 saturated heterocycles. The molecule has 0 spiro atoms. The molecule has 1 heterocycles.